The fourth-order valence-electron chi connectivity index (χ4n) is 8.83. The molecule has 1 saturated heterocycles. The van der Waals surface area contributed by atoms with Crippen LogP contribution in [0, 0.1) is 31.6 Å². The number of piperidine rings is 1. The fraction of sp³-hybridized carbons (Fsp3) is 0.864. The third kappa shape index (κ3) is 21.8. The second-order valence-electron chi connectivity index (χ2n) is 18.0. The molecule has 4 saturated carbocycles. The van der Waals surface area contributed by atoms with Gasteiger partial charge >= 0.3 is 208 Å². The molecule has 296 valence electrons. The molecule has 4 aliphatic carbocycles. The second kappa shape index (κ2) is 29.7. The maximum absolute atomic E-state index is 4.84. The molecule has 0 aromatic heterocycles. The largest absolute Gasteiger partial charge is 4.00 e. The van der Waals surface area contributed by atoms with Gasteiger partial charge in [0.2, 0.25) is 0 Å². The molecule has 0 N–H and O–H groups in total. The minimum atomic E-state index is 0. The van der Waals surface area contributed by atoms with E-state index in [0.717, 1.165) is 25.4 Å². The van der Waals surface area contributed by atoms with Crippen molar-refractivity contribution < 1.29 is 21.1 Å². The number of hydrogen-bond acceptors (Lipinski definition) is 0. The summed E-state index contributed by atoms with van der Waals surface area (Å²) in [6, 6.07) is 0.319. The number of rotatable bonds is 5. The first-order chi connectivity index (χ1) is 22.1. The quantitative estimate of drug-likeness (QED) is 0.194. The SMILES string of the molecule is C1CC[CH]([Sn][CH]2CCCCC2)CC1.C1CC[CH]([Sn][CH]2CCCCC2)CC1.CC(C)(C)C1=CC[N-]C(C2CC(C(C)(C)C)CC[N-]2)=C1.[CH3-].[CH3-].[Pt+4].[Se].[Se]. The summed E-state index contributed by atoms with van der Waals surface area (Å²) in [6.07, 6.45) is 38.7. The van der Waals surface area contributed by atoms with Gasteiger partial charge in [-0.3, -0.25) is 0 Å². The Hall–Kier alpha value is 2.56. The van der Waals surface area contributed by atoms with E-state index >= 15 is 0 Å². The Bertz CT molecular complexity index is 841. The predicted octanol–water partition coefficient (Wildman–Crippen LogP) is 14.0. The van der Waals surface area contributed by atoms with Crippen LogP contribution >= 0.6 is 0 Å². The molecule has 2 heterocycles. The maximum atomic E-state index is 4.84. The summed E-state index contributed by atoms with van der Waals surface area (Å²) in [4.78, 5) is 0. The van der Waals surface area contributed by atoms with Gasteiger partial charge in [-0.05, 0) is 22.3 Å². The smallest absolute Gasteiger partial charge is 0.686 e. The van der Waals surface area contributed by atoms with Crippen molar-refractivity contribution in [1.82, 2.24) is 0 Å². The summed E-state index contributed by atoms with van der Waals surface area (Å²) in [5.74, 6) is 0.755. The average molecular weight is 1230 g/mol. The first-order valence-electron chi connectivity index (χ1n) is 20.4. The van der Waals surface area contributed by atoms with Gasteiger partial charge in [0.15, 0.2) is 0 Å². The Morgan fingerprint density at radius 1 is 0.569 bits per heavy atom. The maximum Gasteiger partial charge on any atom is 4.00 e. The van der Waals surface area contributed by atoms with Crippen molar-refractivity contribution in [3.05, 3.63) is 48.9 Å². The van der Waals surface area contributed by atoms with Gasteiger partial charge in [0, 0.05) is 34.1 Å². The van der Waals surface area contributed by atoms with Crippen molar-refractivity contribution in [3.8, 4) is 0 Å². The van der Waals surface area contributed by atoms with Crippen LogP contribution in [0.4, 0.5) is 0 Å². The summed E-state index contributed by atoms with van der Waals surface area (Å²) in [5, 5.41) is 9.57. The van der Waals surface area contributed by atoms with Gasteiger partial charge in [0.1, 0.15) is 0 Å². The second-order valence-corrected chi connectivity index (χ2v) is 29.2. The Balaban J connectivity index is 0. The molecule has 7 heteroatoms. The van der Waals surface area contributed by atoms with Crippen molar-refractivity contribution in [2.75, 3.05) is 13.1 Å². The molecule has 0 bridgehead atoms. The van der Waals surface area contributed by atoms with Gasteiger partial charge in [0.05, 0.1) is 0 Å². The molecule has 0 aromatic rings. The summed E-state index contributed by atoms with van der Waals surface area (Å²) < 4.78 is 5.17. The van der Waals surface area contributed by atoms with Crippen LogP contribution < -0.4 is 0 Å². The molecule has 2 unspecified atom stereocenters. The summed E-state index contributed by atoms with van der Waals surface area (Å²) in [7, 11) is 0. The van der Waals surface area contributed by atoms with Gasteiger partial charge in [-0.25, -0.2) is 0 Å². The molecule has 5 fully saturated rings. The van der Waals surface area contributed by atoms with E-state index in [-0.39, 0.29) is 118 Å². The van der Waals surface area contributed by atoms with Crippen LogP contribution in [0.3, 0.4) is 0 Å². The van der Waals surface area contributed by atoms with Gasteiger partial charge in [-0.15, -0.1) is 19.1 Å². The first kappa shape index (κ1) is 55.7. The van der Waals surface area contributed by atoms with Crippen LogP contribution in [-0.4, -0.2) is 95.6 Å². The van der Waals surface area contributed by atoms with E-state index in [1.54, 1.807) is 128 Å². The van der Waals surface area contributed by atoms with E-state index < -0.39 is 0 Å². The Labute approximate surface area is 376 Å². The number of nitrogens with zero attached hydrogens (tertiary/aromatic N) is 2. The molecule has 2 nitrogen and oxygen atoms in total. The average Bonchev–Trinajstić information content (AvgIpc) is 3.07. The summed E-state index contributed by atoms with van der Waals surface area (Å²) in [6.45, 7) is 15.7. The van der Waals surface area contributed by atoms with Crippen molar-refractivity contribution in [2.45, 2.75) is 205 Å². The molecule has 0 spiro atoms. The molecule has 2 atom stereocenters. The first-order valence-corrected chi connectivity index (χ1v) is 27.0. The van der Waals surface area contributed by atoms with Gasteiger partial charge in [0.25, 0.3) is 0 Å². The van der Waals surface area contributed by atoms with E-state index in [1.165, 1.54) is 33.4 Å². The Morgan fingerprint density at radius 3 is 1.27 bits per heavy atom. The minimum Gasteiger partial charge on any atom is -0.686 e. The van der Waals surface area contributed by atoms with Gasteiger partial charge in [-0.1, -0.05) is 66.5 Å². The minimum absolute atomic E-state index is 0. The zero-order chi connectivity index (χ0) is 32.8. The van der Waals surface area contributed by atoms with Gasteiger partial charge < -0.3 is 25.5 Å². The van der Waals surface area contributed by atoms with Crippen molar-refractivity contribution >= 4 is 76.4 Å². The van der Waals surface area contributed by atoms with Crippen LogP contribution in [0.15, 0.2) is 23.4 Å². The van der Waals surface area contributed by atoms with Crippen LogP contribution in [-0.2, 0) is 21.1 Å². The van der Waals surface area contributed by atoms with Crippen LogP contribution in [0.2, 0.25) is 15.7 Å². The van der Waals surface area contributed by atoms with Crippen LogP contribution in [0.25, 0.3) is 10.6 Å². The zero-order valence-corrected chi connectivity index (χ0v) is 46.0. The molecule has 2 aliphatic heterocycles. The normalized spacial score (nSPS) is 25.3. The monoisotopic (exact) mass is 1230 g/mol. The van der Waals surface area contributed by atoms with E-state index in [4.69, 9.17) is 10.6 Å². The molecule has 0 aromatic carbocycles. The van der Waals surface area contributed by atoms with Crippen LogP contribution in [0.5, 0.6) is 0 Å². The molecular weight excluding hydrogens is 1150 g/mol. The van der Waals surface area contributed by atoms with E-state index in [9.17, 15) is 0 Å². The topological polar surface area (TPSA) is 28.2 Å². The van der Waals surface area contributed by atoms with E-state index in [1.807, 2.05) is 0 Å². The van der Waals surface area contributed by atoms with Crippen molar-refractivity contribution in [2.24, 2.45) is 16.7 Å². The third-order valence-electron chi connectivity index (χ3n) is 12.0. The Morgan fingerprint density at radius 2 is 0.941 bits per heavy atom. The molecule has 6 rings (SSSR count). The van der Waals surface area contributed by atoms with Crippen molar-refractivity contribution in [1.29, 1.82) is 0 Å². The third-order valence-corrected chi connectivity index (χ3v) is 24.0. The number of hydrogen-bond donors (Lipinski definition) is 0. The molecular formula is C44H80N2PtSe2Sn2. The zero-order valence-electron chi connectivity index (χ0n) is 34.6. The number of allylic oxidation sites excluding steroid dienone is 2. The van der Waals surface area contributed by atoms with Crippen molar-refractivity contribution in [3.63, 3.8) is 0 Å². The molecule has 8 radical (unpaired) electrons. The Kier molecular flexibility index (Phi) is 32.4. The summed E-state index contributed by atoms with van der Waals surface area (Å²) in [5.41, 5.74) is 3.22. The van der Waals surface area contributed by atoms with Gasteiger partial charge in [-0.2, -0.15) is 5.70 Å². The standard InChI is InChI=1S/C18H30N2.4C6H11.2CH3.Pt.2Se.2Sn/c1-17(2,3)13-7-9-19-15(11-13)16-12-14(8-10-20-16)18(4,5)6;4*1-2-4-6-5-3-1;;;;;;;/h7,11,14,16H,8-10,12H2,1-6H3;4*1H,2-6H2;2*1H3;;;;;/q-2;;;;;2*-1;+4;;;;. The van der Waals surface area contributed by atoms with E-state index in [2.05, 4.69) is 53.7 Å². The molecule has 0 amide bonds. The van der Waals surface area contributed by atoms with Crippen LogP contribution in [0.1, 0.15) is 183 Å². The molecule has 6 aliphatic rings. The predicted molar refractivity (Wildman–Crippen MR) is 231 cm³/mol. The summed E-state index contributed by atoms with van der Waals surface area (Å²) >= 11 is 0.0734. The fourth-order valence-corrected chi connectivity index (χ4v) is 21.1. The van der Waals surface area contributed by atoms with E-state index in [0.29, 0.717) is 11.5 Å². The molecule has 51 heavy (non-hydrogen) atoms.